The SMILES string of the molecule is Nc1ccc(Cl)c(COc2cccc(F)c2F)c1. The summed E-state index contributed by atoms with van der Waals surface area (Å²) in [5.41, 5.74) is 6.74. The van der Waals surface area contributed by atoms with Gasteiger partial charge in [-0.15, -0.1) is 0 Å². The van der Waals surface area contributed by atoms with Crippen LogP contribution in [-0.4, -0.2) is 0 Å². The van der Waals surface area contributed by atoms with Crippen molar-refractivity contribution in [3.8, 4) is 5.75 Å². The first-order valence-corrected chi connectivity index (χ1v) is 5.56. The Bertz CT molecular complexity index is 573. The third kappa shape index (κ3) is 2.71. The van der Waals surface area contributed by atoms with Gasteiger partial charge in [-0.2, -0.15) is 4.39 Å². The number of ether oxygens (including phenoxy) is 1. The Hall–Kier alpha value is -1.81. The van der Waals surface area contributed by atoms with Gasteiger partial charge >= 0.3 is 0 Å². The van der Waals surface area contributed by atoms with Crippen LogP contribution in [-0.2, 0) is 6.61 Å². The number of anilines is 1. The molecule has 0 aliphatic heterocycles. The van der Waals surface area contributed by atoms with Gasteiger partial charge < -0.3 is 10.5 Å². The van der Waals surface area contributed by atoms with Crippen LogP contribution < -0.4 is 10.5 Å². The maximum atomic E-state index is 13.3. The van der Waals surface area contributed by atoms with E-state index in [0.29, 0.717) is 16.3 Å². The van der Waals surface area contributed by atoms with E-state index in [1.165, 1.54) is 12.1 Å². The number of hydrogen-bond acceptors (Lipinski definition) is 2. The number of hydrogen-bond donors (Lipinski definition) is 1. The van der Waals surface area contributed by atoms with E-state index in [4.69, 9.17) is 22.1 Å². The minimum absolute atomic E-state index is 0.0181. The first kappa shape index (κ1) is 12.6. The van der Waals surface area contributed by atoms with Crippen LogP contribution in [0.2, 0.25) is 5.02 Å². The molecule has 5 heteroatoms. The Balaban J connectivity index is 2.16. The van der Waals surface area contributed by atoms with E-state index in [1.54, 1.807) is 18.2 Å². The van der Waals surface area contributed by atoms with E-state index in [1.807, 2.05) is 0 Å². The van der Waals surface area contributed by atoms with Crippen molar-refractivity contribution in [1.82, 2.24) is 0 Å². The van der Waals surface area contributed by atoms with Gasteiger partial charge in [-0.25, -0.2) is 4.39 Å². The fourth-order valence-corrected chi connectivity index (χ4v) is 1.63. The summed E-state index contributed by atoms with van der Waals surface area (Å²) in [6.07, 6.45) is 0. The highest BCUT2D eigenvalue weighted by atomic mass is 35.5. The molecule has 0 bridgehead atoms. The second-order valence-corrected chi connectivity index (χ2v) is 4.10. The average Bonchev–Trinajstić information content (AvgIpc) is 2.35. The van der Waals surface area contributed by atoms with E-state index in [9.17, 15) is 8.78 Å². The van der Waals surface area contributed by atoms with Crippen molar-refractivity contribution in [2.24, 2.45) is 0 Å². The number of benzene rings is 2. The standard InChI is InChI=1S/C13H10ClF2NO/c14-10-5-4-9(17)6-8(10)7-18-12-3-1-2-11(15)13(12)16/h1-6H,7,17H2. The highest BCUT2D eigenvalue weighted by molar-refractivity contribution is 6.31. The molecule has 0 radical (unpaired) electrons. The molecule has 0 spiro atoms. The largest absolute Gasteiger partial charge is 0.486 e. The molecule has 0 saturated heterocycles. The molecule has 0 fully saturated rings. The molecule has 2 rings (SSSR count). The van der Waals surface area contributed by atoms with E-state index in [-0.39, 0.29) is 12.4 Å². The summed E-state index contributed by atoms with van der Waals surface area (Å²) in [5, 5.41) is 0.459. The maximum Gasteiger partial charge on any atom is 0.200 e. The van der Waals surface area contributed by atoms with Crippen molar-refractivity contribution < 1.29 is 13.5 Å². The second-order valence-electron chi connectivity index (χ2n) is 3.69. The van der Waals surface area contributed by atoms with E-state index in [0.717, 1.165) is 6.07 Å². The minimum Gasteiger partial charge on any atom is -0.486 e. The van der Waals surface area contributed by atoms with Crippen molar-refractivity contribution in [1.29, 1.82) is 0 Å². The molecule has 0 aliphatic carbocycles. The molecule has 0 aliphatic rings. The number of halogens is 3. The van der Waals surface area contributed by atoms with E-state index >= 15 is 0 Å². The summed E-state index contributed by atoms with van der Waals surface area (Å²) in [7, 11) is 0. The van der Waals surface area contributed by atoms with Crippen LogP contribution >= 0.6 is 11.6 Å². The molecular formula is C13H10ClF2NO. The molecule has 2 aromatic rings. The third-order valence-corrected chi connectivity index (χ3v) is 2.74. The van der Waals surface area contributed by atoms with Gasteiger partial charge in [-0.3, -0.25) is 0 Å². The fraction of sp³-hybridized carbons (Fsp3) is 0.0769. The number of nitrogen functional groups attached to an aromatic ring is 1. The van der Waals surface area contributed by atoms with Gasteiger partial charge in [-0.1, -0.05) is 17.7 Å². The first-order chi connectivity index (χ1) is 8.58. The monoisotopic (exact) mass is 269 g/mol. The van der Waals surface area contributed by atoms with Crippen LogP contribution in [0.5, 0.6) is 5.75 Å². The highest BCUT2D eigenvalue weighted by Crippen LogP contribution is 2.23. The summed E-state index contributed by atoms with van der Waals surface area (Å²) < 4.78 is 31.5. The Morgan fingerprint density at radius 3 is 2.72 bits per heavy atom. The molecule has 0 atom stereocenters. The Labute approximate surface area is 108 Å². The van der Waals surface area contributed by atoms with Gasteiger partial charge in [0.1, 0.15) is 6.61 Å². The number of nitrogens with two attached hydrogens (primary N) is 1. The molecule has 0 heterocycles. The number of rotatable bonds is 3. The fourth-order valence-electron chi connectivity index (χ4n) is 1.46. The van der Waals surface area contributed by atoms with Crippen LogP contribution in [0.3, 0.4) is 0 Å². The molecule has 0 aromatic heterocycles. The van der Waals surface area contributed by atoms with Crippen LogP contribution in [0.4, 0.5) is 14.5 Å². The normalized spacial score (nSPS) is 10.4. The van der Waals surface area contributed by atoms with Gasteiger partial charge in [0, 0.05) is 16.3 Å². The predicted molar refractivity (Wildman–Crippen MR) is 66.6 cm³/mol. The van der Waals surface area contributed by atoms with Gasteiger partial charge in [0.2, 0.25) is 5.82 Å². The van der Waals surface area contributed by atoms with Gasteiger partial charge in [0.15, 0.2) is 11.6 Å². The van der Waals surface area contributed by atoms with Crippen molar-refractivity contribution in [3.63, 3.8) is 0 Å². The van der Waals surface area contributed by atoms with E-state index < -0.39 is 11.6 Å². The van der Waals surface area contributed by atoms with Crippen LogP contribution in [0.15, 0.2) is 36.4 Å². The van der Waals surface area contributed by atoms with Crippen LogP contribution in [0.1, 0.15) is 5.56 Å². The Morgan fingerprint density at radius 1 is 1.17 bits per heavy atom. The predicted octanol–water partition coefficient (Wildman–Crippen LogP) is 3.78. The van der Waals surface area contributed by atoms with Crippen molar-refractivity contribution in [3.05, 3.63) is 58.6 Å². The zero-order valence-corrected chi connectivity index (χ0v) is 10.0. The quantitative estimate of drug-likeness (QED) is 0.861. The first-order valence-electron chi connectivity index (χ1n) is 5.18. The molecule has 2 aromatic carbocycles. The molecule has 2 nitrogen and oxygen atoms in total. The minimum atomic E-state index is -1.02. The average molecular weight is 270 g/mol. The highest BCUT2D eigenvalue weighted by Gasteiger charge is 2.09. The lowest BCUT2D eigenvalue weighted by Gasteiger charge is -2.09. The maximum absolute atomic E-state index is 13.3. The second kappa shape index (κ2) is 5.23. The zero-order chi connectivity index (χ0) is 13.1. The molecule has 0 amide bonds. The molecule has 0 unspecified atom stereocenters. The lowest BCUT2D eigenvalue weighted by molar-refractivity contribution is 0.285. The molecule has 2 N–H and O–H groups in total. The summed E-state index contributed by atoms with van der Waals surface area (Å²) in [5.74, 6) is -2.13. The Kier molecular flexibility index (Phi) is 3.67. The summed E-state index contributed by atoms with van der Waals surface area (Å²) in [4.78, 5) is 0. The van der Waals surface area contributed by atoms with Crippen molar-refractivity contribution in [2.75, 3.05) is 5.73 Å². The lowest BCUT2D eigenvalue weighted by Crippen LogP contribution is -2.00. The zero-order valence-electron chi connectivity index (χ0n) is 9.29. The smallest absolute Gasteiger partial charge is 0.200 e. The van der Waals surface area contributed by atoms with E-state index in [2.05, 4.69) is 0 Å². The summed E-state index contributed by atoms with van der Waals surface area (Å²) >= 11 is 5.93. The summed E-state index contributed by atoms with van der Waals surface area (Å²) in [6, 6.07) is 8.63. The van der Waals surface area contributed by atoms with Gasteiger partial charge in [-0.05, 0) is 30.3 Å². The van der Waals surface area contributed by atoms with Gasteiger partial charge in [0.05, 0.1) is 0 Å². The third-order valence-electron chi connectivity index (χ3n) is 2.37. The lowest BCUT2D eigenvalue weighted by atomic mass is 10.2. The van der Waals surface area contributed by atoms with Crippen LogP contribution in [0, 0.1) is 11.6 Å². The topological polar surface area (TPSA) is 35.2 Å². The molecule has 0 saturated carbocycles. The molecule has 94 valence electrons. The molecular weight excluding hydrogens is 260 g/mol. The van der Waals surface area contributed by atoms with Crippen LogP contribution in [0.25, 0.3) is 0 Å². The van der Waals surface area contributed by atoms with Gasteiger partial charge in [0.25, 0.3) is 0 Å². The summed E-state index contributed by atoms with van der Waals surface area (Å²) in [6.45, 7) is 0.0181. The van der Waals surface area contributed by atoms with Crippen molar-refractivity contribution in [2.45, 2.75) is 6.61 Å². The Morgan fingerprint density at radius 2 is 1.94 bits per heavy atom. The van der Waals surface area contributed by atoms with Crippen molar-refractivity contribution >= 4 is 17.3 Å². The molecule has 18 heavy (non-hydrogen) atoms.